The zero-order valence-corrected chi connectivity index (χ0v) is 20.6. The van der Waals surface area contributed by atoms with E-state index < -0.39 is 0 Å². The number of ether oxygens (including phenoxy) is 2. The van der Waals surface area contributed by atoms with Gasteiger partial charge in [-0.05, 0) is 24.6 Å². The summed E-state index contributed by atoms with van der Waals surface area (Å²) in [6, 6.07) is 4.99. The summed E-state index contributed by atoms with van der Waals surface area (Å²) in [5, 5.41) is 3.30. The summed E-state index contributed by atoms with van der Waals surface area (Å²) >= 11 is 0. The molecule has 0 atom stereocenters. The lowest BCUT2D eigenvalue weighted by atomic mass is 10.2. The van der Waals surface area contributed by atoms with Crippen molar-refractivity contribution in [2.45, 2.75) is 13.5 Å². The topological polar surface area (TPSA) is 69.6 Å². The van der Waals surface area contributed by atoms with E-state index in [0.717, 1.165) is 37.7 Å². The van der Waals surface area contributed by atoms with Crippen LogP contribution in [0.15, 0.2) is 23.2 Å². The monoisotopic (exact) mass is 549 g/mol. The first-order valence-electron chi connectivity index (χ1n) is 10.6. The van der Waals surface area contributed by atoms with Crippen molar-refractivity contribution in [1.82, 2.24) is 20.0 Å². The minimum atomic E-state index is -0.357. The highest BCUT2D eigenvalue weighted by molar-refractivity contribution is 14.0. The molecule has 0 unspecified atom stereocenters. The molecule has 2 saturated heterocycles. The van der Waals surface area contributed by atoms with Gasteiger partial charge in [-0.15, -0.1) is 24.0 Å². The molecular weight excluding hydrogens is 516 g/mol. The van der Waals surface area contributed by atoms with Crippen LogP contribution in [0.25, 0.3) is 0 Å². The van der Waals surface area contributed by atoms with Gasteiger partial charge in [-0.1, -0.05) is 6.07 Å². The average molecular weight is 549 g/mol. The molecule has 0 saturated carbocycles. The van der Waals surface area contributed by atoms with Crippen LogP contribution in [0.2, 0.25) is 0 Å². The highest BCUT2D eigenvalue weighted by Gasteiger charge is 2.24. The third-order valence-electron chi connectivity index (χ3n) is 5.35. The van der Waals surface area contributed by atoms with Crippen molar-refractivity contribution in [1.29, 1.82) is 0 Å². The standard InChI is InChI=1S/C21H32FN5O3.HI/c1-3-30-19-5-4-17(14-18(19)22)15-24-21(23-2)27-8-6-25(7-9-27)16-20(28)26-10-12-29-13-11-26;/h4-5,14H,3,6-13,15-16H2,1-2H3,(H,23,24);1H. The van der Waals surface area contributed by atoms with E-state index in [0.29, 0.717) is 46.0 Å². The zero-order chi connectivity index (χ0) is 21.3. The van der Waals surface area contributed by atoms with Gasteiger partial charge in [-0.2, -0.15) is 0 Å². The molecule has 2 heterocycles. The summed E-state index contributed by atoms with van der Waals surface area (Å²) in [6.07, 6.45) is 0. The lowest BCUT2D eigenvalue weighted by Crippen LogP contribution is -2.54. The molecule has 31 heavy (non-hydrogen) atoms. The molecule has 0 spiro atoms. The fourth-order valence-corrected chi connectivity index (χ4v) is 3.66. The lowest BCUT2D eigenvalue weighted by Gasteiger charge is -2.37. The number of nitrogens with one attached hydrogen (secondary N) is 1. The van der Waals surface area contributed by atoms with Gasteiger partial charge in [0, 0.05) is 52.9 Å². The number of hydrogen-bond donors (Lipinski definition) is 1. The Hall–Kier alpha value is -1.66. The SMILES string of the molecule is CCOc1ccc(CNC(=NC)N2CCN(CC(=O)N3CCOCC3)CC2)cc1F.I. The van der Waals surface area contributed by atoms with Gasteiger partial charge < -0.3 is 24.6 Å². The maximum Gasteiger partial charge on any atom is 0.236 e. The Kier molecular flexibility index (Phi) is 10.7. The average Bonchev–Trinajstić information content (AvgIpc) is 2.77. The Morgan fingerprint density at radius 1 is 1.16 bits per heavy atom. The van der Waals surface area contributed by atoms with Gasteiger partial charge in [-0.25, -0.2) is 4.39 Å². The Bertz CT molecular complexity index is 738. The van der Waals surface area contributed by atoms with Crippen LogP contribution in [-0.4, -0.2) is 99.2 Å². The number of morpholine rings is 1. The van der Waals surface area contributed by atoms with Crippen LogP contribution < -0.4 is 10.1 Å². The van der Waals surface area contributed by atoms with Gasteiger partial charge in [-0.3, -0.25) is 14.7 Å². The van der Waals surface area contributed by atoms with Crippen LogP contribution in [0, 0.1) is 5.82 Å². The first kappa shape index (κ1) is 25.6. The number of nitrogens with zero attached hydrogens (tertiary/aromatic N) is 4. The van der Waals surface area contributed by atoms with E-state index in [1.165, 1.54) is 6.07 Å². The van der Waals surface area contributed by atoms with E-state index in [-0.39, 0.29) is 41.5 Å². The van der Waals surface area contributed by atoms with Gasteiger partial charge in [0.25, 0.3) is 0 Å². The van der Waals surface area contributed by atoms with E-state index in [4.69, 9.17) is 9.47 Å². The van der Waals surface area contributed by atoms with Crippen molar-refractivity contribution in [3.63, 3.8) is 0 Å². The van der Waals surface area contributed by atoms with Gasteiger partial charge in [0.1, 0.15) is 0 Å². The molecule has 1 N–H and O–H groups in total. The van der Waals surface area contributed by atoms with Crippen LogP contribution in [0.1, 0.15) is 12.5 Å². The number of amides is 1. The van der Waals surface area contributed by atoms with Gasteiger partial charge in [0.2, 0.25) is 5.91 Å². The molecule has 2 aliphatic heterocycles. The first-order valence-corrected chi connectivity index (χ1v) is 10.6. The number of guanidine groups is 1. The van der Waals surface area contributed by atoms with Crippen molar-refractivity contribution in [3.8, 4) is 5.75 Å². The van der Waals surface area contributed by atoms with Crippen LogP contribution in [0.3, 0.4) is 0 Å². The molecule has 10 heteroatoms. The zero-order valence-electron chi connectivity index (χ0n) is 18.3. The molecular formula is C21H33FIN5O3. The number of piperazine rings is 1. The molecule has 0 aromatic heterocycles. The van der Waals surface area contributed by atoms with E-state index in [1.807, 2.05) is 17.9 Å². The number of halogens is 2. The summed E-state index contributed by atoms with van der Waals surface area (Å²) in [5.41, 5.74) is 0.826. The highest BCUT2D eigenvalue weighted by Crippen LogP contribution is 2.18. The highest BCUT2D eigenvalue weighted by atomic mass is 127. The third kappa shape index (κ3) is 7.46. The minimum absolute atomic E-state index is 0. The Balaban J connectivity index is 0.00000341. The van der Waals surface area contributed by atoms with Crippen molar-refractivity contribution in [2.75, 3.05) is 72.7 Å². The predicted octanol–water partition coefficient (Wildman–Crippen LogP) is 1.39. The van der Waals surface area contributed by atoms with Gasteiger partial charge in [0.05, 0.1) is 26.4 Å². The molecule has 1 aromatic rings. The molecule has 3 rings (SSSR count). The van der Waals surface area contributed by atoms with E-state index in [2.05, 4.69) is 20.1 Å². The molecule has 1 amide bonds. The van der Waals surface area contributed by atoms with Crippen LogP contribution in [0.4, 0.5) is 4.39 Å². The summed E-state index contributed by atoms with van der Waals surface area (Å²) in [6.45, 7) is 8.98. The summed E-state index contributed by atoms with van der Waals surface area (Å²) < 4.78 is 24.6. The number of carbonyl (C=O) groups excluding carboxylic acids is 1. The van der Waals surface area contributed by atoms with Crippen molar-refractivity contribution in [2.24, 2.45) is 4.99 Å². The maximum absolute atomic E-state index is 14.0. The molecule has 0 aliphatic carbocycles. The lowest BCUT2D eigenvalue weighted by molar-refractivity contribution is -0.136. The van der Waals surface area contributed by atoms with E-state index in [9.17, 15) is 9.18 Å². The third-order valence-corrected chi connectivity index (χ3v) is 5.35. The quantitative estimate of drug-likeness (QED) is 0.329. The molecule has 2 aliphatic rings. The fourth-order valence-electron chi connectivity index (χ4n) is 3.66. The second kappa shape index (κ2) is 13.0. The number of carbonyl (C=O) groups is 1. The largest absolute Gasteiger partial charge is 0.491 e. The Morgan fingerprint density at radius 3 is 2.48 bits per heavy atom. The number of benzene rings is 1. The molecule has 0 bridgehead atoms. The van der Waals surface area contributed by atoms with Crippen LogP contribution in [-0.2, 0) is 16.1 Å². The smallest absolute Gasteiger partial charge is 0.236 e. The second-order valence-electron chi connectivity index (χ2n) is 7.35. The molecule has 174 valence electrons. The van der Waals surface area contributed by atoms with Gasteiger partial charge in [0.15, 0.2) is 17.5 Å². The summed E-state index contributed by atoms with van der Waals surface area (Å²) in [5.74, 6) is 0.869. The van der Waals surface area contributed by atoms with Gasteiger partial charge >= 0.3 is 0 Å². The van der Waals surface area contributed by atoms with Crippen molar-refractivity contribution >= 4 is 35.8 Å². The fraction of sp³-hybridized carbons (Fsp3) is 0.619. The first-order chi connectivity index (χ1) is 14.6. The molecule has 8 nitrogen and oxygen atoms in total. The summed E-state index contributed by atoms with van der Waals surface area (Å²) in [7, 11) is 1.75. The molecule has 0 radical (unpaired) electrons. The summed E-state index contributed by atoms with van der Waals surface area (Å²) in [4.78, 5) is 23.0. The Morgan fingerprint density at radius 2 is 1.87 bits per heavy atom. The van der Waals surface area contributed by atoms with Crippen molar-refractivity contribution in [3.05, 3.63) is 29.6 Å². The minimum Gasteiger partial charge on any atom is -0.491 e. The number of rotatable bonds is 6. The number of hydrogen-bond acceptors (Lipinski definition) is 5. The molecule has 2 fully saturated rings. The van der Waals surface area contributed by atoms with Crippen LogP contribution >= 0.6 is 24.0 Å². The van der Waals surface area contributed by atoms with E-state index in [1.54, 1.807) is 13.1 Å². The normalized spacial score (nSPS) is 17.8. The Labute approximate surface area is 200 Å². The van der Waals surface area contributed by atoms with E-state index >= 15 is 0 Å². The second-order valence-corrected chi connectivity index (χ2v) is 7.35. The maximum atomic E-state index is 14.0. The number of aliphatic imine (C=N–C) groups is 1. The predicted molar refractivity (Wildman–Crippen MR) is 129 cm³/mol. The van der Waals surface area contributed by atoms with Crippen molar-refractivity contribution < 1.29 is 18.7 Å². The van der Waals surface area contributed by atoms with Crippen LogP contribution in [0.5, 0.6) is 5.75 Å². The molecule has 1 aromatic carbocycles.